The van der Waals surface area contributed by atoms with Crippen LogP contribution in [0.15, 0.2) is 52.7 Å². The lowest BCUT2D eigenvalue weighted by molar-refractivity contribution is -0.122. The van der Waals surface area contributed by atoms with Crippen LogP contribution in [-0.4, -0.2) is 74.4 Å². The van der Waals surface area contributed by atoms with Crippen molar-refractivity contribution in [3.63, 3.8) is 0 Å². The SMILES string of the molecule is C/C(CN1CCN2C(=O)NC(=O)C2C1)=N\c1c(-c2cnc3ccccc3c2)cnn1/C(N)=C/Br. The van der Waals surface area contributed by atoms with E-state index in [1.807, 2.05) is 31.2 Å². The van der Waals surface area contributed by atoms with Crippen LogP contribution in [0.4, 0.5) is 10.6 Å². The fraction of sp³-hybridized carbons (Fsp3) is 0.261. The van der Waals surface area contributed by atoms with Crippen LogP contribution in [0.2, 0.25) is 0 Å². The number of para-hydroxylation sites is 1. The van der Waals surface area contributed by atoms with Crippen molar-refractivity contribution in [2.45, 2.75) is 13.0 Å². The number of carbonyl (C=O) groups is 2. The molecule has 0 saturated carbocycles. The number of piperazine rings is 1. The summed E-state index contributed by atoms with van der Waals surface area (Å²) in [6.07, 6.45) is 3.54. The molecule has 2 saturated heterocycles. The Morgan fingerprint density at radius 3 is 2.94 bits per heavy atom. The summed E-state index contributed by atoms with van der Waals surface area (Å²) in [6, 6.07) is 9.21. The summed E-state index contributed by atoms with van der Waals surface area (Å²) < 4.78 is 1.57. The third kappa shape index (κ3) is 4.08. The van der Waals surface area contributed by atoms with Gasteiger partial charge >= 0.3 is 6.03 Å². The van der Waals surface area contributed by atoms with Gasteiger partial charge in [-0.15, -0.1) is 0 Å². The number of carbonyl (C=O) groups excluding carboxylic acids is 2. The summed E-state index contributed by atoms with van der Waals surface area (Å²) in [4.78, 5) is 38.7. The molecule has 3 aromatic rings. The molecule has 3 amide bonds. The number of imide groups is 1. The van der Waals surface area contributed by atoms with E-state index in [0.717, 1.165) is 27.7 Å². The molecule has 0 spiro atoms. The number of rotatable bonds is 5. The van der Waals surface area contributed by atoms with Crippen molar-refractivity contribution < 1.29 is 9.59 Å². The number of aromatic nitrogens is 3. The van der Waals surface area contributed by atoms with Gasteiger partial charge in [0.2, 0.25) is 0 Å². The number of amides is 3. The molecule has 5 rings (SSSR count). The number of hydrogen-bond donors (Lipinski definition) is 2. The molecule has 2 fully saturated rings. The van der Waals surface area contributed by atoms with E-state index in [4.69, 9.17) is 10.7 Å². The van der Waals surface area contributed by atoms with E-state index in [1.54, 1.807) is 27.0 Å². The molecule has 4 heterocycles. The second-order valence-electron chi connectivity index (χ2n) is 8.33. The van der Waals surface area contributed by atoms with Gasteiger partial charge in [-0.05, 0) is 19.1 Å². The number of benzene rings is 1. The number of nitrogens with zero attached hydrogens (tertiary/aromatic N) is 6. The lowest BCUT2D eigenvalue weighted by Crippen LogP contribution is -2.53. The average Bonchev–Trinajstić information content (AvgIpc) is 3.38. The molecular weight excluding hydrogens is 500 g/mol. The second kappa shape index (κ2) is 8.99. The average molecular weight is 523 g/mol. The van der Waals surface area contributed by atoms with Crippen LogP contribution in [0.5, 0.6) is 0 Å². The van der Waals surface area contributed by atoms with Crippen LogP contribution in [-0.2, 0) is 4.79 Å². The maximum atomic E-state index is 12.1. The first-order chi connectivity index (χ1) is 16.4. The molecule has 2 aromatic heterocycles. The van der Waals surface area contributed by atoms with Gasteiger partial charge < -0.3 is 10.6 Å². The molecule has 10 nitrogen and oxygen atoms in total. The molecule has 34 heavy (non-hydrogen) atoms. The van der Waals surface area contributed by atoms with Gasteiger partial charge in [-0.1, -0.05) is 34.1 Å². The summed E-state index contributed by atoms with van der Waals surface area (Å²) in [5.74, 6) is 0.736. The third-order valence-electron chi connectivity index (χ3n) is 6.01. The van der Waals surface area contributed by atoms with Crippen LogP contribution in [0, 0.1) is 0 Å². The molecule has 0 radical (unpaired) electrons. The Morgan fingerprint density at radius 2 is 2.12 bits per heavy atom. The zero-order valence-electron chi connectivity index (χ0n) is 18.5. The van der Waals surface area contributed by atoms with Crippen molar-refractivity contribution in [3.8, 4) is 11.1 Å². The molecule has 0 aliphatic carbocycles. The van der Waals surface area contributed by atoms with Crippen molar-refractivity contribution in [3.05, 3.63) is 47.7 Å². The minimum atomic E-state index is -0.453. The van der Waals surface area contributed by atoms with Crippen LogP contribution < -0.4 is 11.1 Å². The van der Waals surface area contributed by atoms with Crippen molar-refractivity contribution in [1.29, 1.82) is 0 Å². The number of hydrogen-bond acceptors (Lipinski definition) is 7. The Balaban J connectivity index is 1.45. The Bertz CT molecular complexity index is 1350. The maximum Gasteiger partial charge on any atom is 0.324 e. The minimum Gasteiger partial charge on any atom is -0.383 e. The fourth-order valence-electron chi connectivity index (χ4n) is 4.36. The van der Waals surface area contributed by atoms with Crippen molar-refractivity contribution in [1.82, 2.24) is 29.9 Å². The predicted octanol–water partition coefficient (Wildman–Crippen LogP) is 2.54. The maximum absolute atomic E-state index is 12.1. The minimum absolute atomic E-state index is 0.247. The van der Waals surface area contributed by atoms with Gasteiger partial charge in [0.05, 0.1) is 11.7 Å². The molecule has 2 aliphatic heterocycles. The van der Waals surface area contributed by atoms with E-state index in [1.165, 1.54) is 0 Å². The van der Waals surface area contributed by atoms with Gasteiger partial charge in [-0.2, -0.15) is 9.78 Å². The van der Waals surface area contributed by atoms with Crippen LogP contribution >= 0.6 is 15.9 Å². The number of halogens is 1. The topological polar surface area (TPSA) is 122 Å². The third-order valence-corrected chi connectivity index (χ3v) is 6.48. The van der Waals surface area contributed by atoms with Gasteiger partial charge in [0.1, 0.15) is 11.9 Å². The molecule has 1 aromatic carbocycles. The zero-order chi connectivity index (χ0) is 23.8. The van der Waals surface area contributed by atoms with Gasteiger partial charge in [0.15, 0.2) is 5.82 Å². The fourth-order valence-corrected chi connectivity index (χ4v) is 4.55. The van der Waals surface area contributed by atoms with Crippen LogP contribution in [0.25, 0.3) is 27.9 Å². The second-order valence-corrected chi connectivity index (χ2v) is 8.79. The molecule has 1 unspecified atom stereocenters. The van der Waals surface area contributed by atoms with Crippen molar-refractivity contribution >= 4 is 56.1 Å². The van der Waals surface area contributed by atoms with Crippen molar-refractivity contribution in [2.24, 2.45) is 10.7 Å². The standard InChI is InChI=1S/C23H23BrN8O2/c1-14(12-30-6-7-31-19(13-30)22(33)29-23(31)34)28-21-17(11-27-32(21)20(25)9-24)16-8-15-4-2-3-5-18(15)26-10-16/h2-5,8-11,19H,6-7,12-13,25H2,1H3,(H,29,33,34)/b20-9+,28-14+. The number of fused-ring (bicyclic) bond motifs is 2. The quantitative estimate of drug-likeness (QED) is 0.392. The summed E-state index contributed by atoms with van der Waals surface area (Å²) in [5, 5.41) is 7.85. The normalized spacial score (nSPS) is 19.6. The van der Waals surface area contributed by atoms with E-state index in [9.17, 15) is 9.59 Å². The Labute approximate surface area is 204 Å². The molecule has 2 aliphatic rings. The van der Waals surface area contributed by atoms with E-state index in [0.29, 0.717) is 37.8 Å². The molecule has 3 N–H and O–H groups in total. The highest BCUT2D eigenvalue weighted by Crippen LogP contribution is 2.33. The van der Waals surface area contributed by atoms with E-state index in [2.05, 4.69) is 42.3 Å². The summed E-state index contributed by atoms with van der Waals surface area (Å²) >= 11 is 3.28. The Morgan fingerprint density at radius 1 is 1.29 bits per heavy atom. The number of nitrogens with one attached hydrogen (secondary N) is 1. The van der Waals surface area contributed by atoms with Gasteiger partial charge in [0.25, 0.3) is 5.91 Å². The number of aliphatic imine (C=N–C) groups is 1. The largest absolute Gasteiger partial charge is 0.383 e. The predicted molar refractivity (Wildman–Crippen MR) is 134 cm³/mol. The first kappa shape index (κ1) is 22.2. The van der Waals surface area contributed by atoms with E-state index in [-0.39, 0.29) is 11.9 Å². The highest BCUT2D eigenvalue weighted by atomic mass is 79.9. The van der Waals surface area contributed by atoms with Crippen LogP contribution in [0.3, 0.4) is 0 Å². The van der Waals surface area contributed by atoms with Crippen molar-refractivity contribution in [2.75, 3.05) is 26.2 Å². The highest BCUT2D eigenvalue weighted by molar-refractivity contribution is 9.11. The van der Waals surface area contributed by atoms with Gasteiger partial charge in [0, 0.05) is 59.6 Å². The number of pyridine rings is 1. The molecule has 0 bridgehead atoms. The summed E-state index contributed by atoms with van der Waals surface area (Å²) in [7, 11) is 0. The Kier molecular flexibility index (Phi) is 5.88. The smallest absolute Gasteiger partial charge is 0.324 e. The molecular formula is C23H23BrN8O2. The number of nitrogens with two attached hydrogens (primary N) is 1. The molecule has 11 heteroatoms. The van der Waals surface area contributed by atoms with E-state index >= 15 is 0 Å². The van der Waals surface area contributed by atoms with Gasteiger partial charge in [-0.3, -0.25) is 20.0 Å². The monoisotopic (exact) mass is 522 g/mol. The molecule has 174 valence electrons. The highest BCUT2D eigenvalue weighted by Gasteiger charge is 2.41. The zero-order valence-corrected chi connectivity index (χ0v) is 20.1. The lowest BCUT2D eigenvalue weighted by Gasteiger charge is -2.35. The summed E-state index contributed by atoms with van der Waals surface area (Å²) in [5.41, 5.74) is 9.59. The molecule has 1 atom stereocenters. The van der Waals surface area contributed by atoms with Crippen LogP contribution in [0.1, 0.15) is 6.92 Å². The van der Waals surface area contributed by atoms with E-state index < -0.39 is 6.04 Å². The first-order valence-electron chi connectivity index (χ1n) is 10.8. The lowest BCUT2D eigenvalue weighted by atomic mass is 10.1. The Hall–Kier alpha value is -3.57. The summed E-state index contributed by atoms with van der Waals surface area (Å²) in [6.45, 7) is 4.11. The number of urea groups is 1. The van der Waals surface area contributed by atoms with Gasteiger partial charge in [-0.25, -0.2) is 9.79 Å². The first-order valence-corrected chi connectivity index (χ1v) is 11.7.